The summed E-state index contributed by atoms with van der Waals surface area (Å²) in [5, 5.41) is 14.8. The maximum Gasteiger partial charge on any atom is 0.269 e. The fourth-order valence-electron chi connectivity index (χ4n) is 2.52. The average Bonchev–Trinajstić information content (AvgIpc) is 2.61. The van der Waals surface area contributed by atoms with Crippen LogP contribution in [0.3, 0.4) is 0 Å². The lowest BCUT2D eigenvalue weighted by molar-refractivity contribution is 0.0958. The number of amides is 1. The summed E-state index contributed by atoms with van der Waals surface area (Å²) in [6, 6.07) is 9.66. The van der Waals surface area contributed by atoms with Crippen molar-refractivity contribution in [2.75, 3.05) is 25.5 Å². The molecule has 3 N–H and O–H groups in total. The van der Waals surface area contributed by atoms with Crippen LogP contribution in [0.5, 0.6) is 0 Å². The van der Waals surface area contributed by atoms with Crippen molar-refractivity contribution in [1.29, 1.82) is 0 Å². The Morgan fingerprint density at radius 3 is 2.83 bits per heavy atom. The molecule has 24 heavy (non-hydrogen) atoms. The van der Waals surface area contributed by atoms with E-state index in [1.165, 1.54) is 0 Å². The molecule has 1 amide bonds. The second-order valence-corrected chi connectivity index (χ2v) is 5.48. The minimum Gasteiger partial charge on any atom is -0.395 e. The van der Waals surface area contributed by atoms with Gasteiger partial charge in [0.15, 0.2) is 0 Å². The molecule has 5 heteroatoms. The van der Waals surface area contributed by atoms with Gasteiger partial charge in [0.05, 0.1) is 6.61 Å². The van der Waals surface area contributed by atoms with Crippen LogP contribution in [0.15, 0.2) is 36.9 Å². The van der Waals surface area contributed by atoms with Gasteiger partial charge in [-0.15, -0.1) is 0 Å². The number of aliphatic hydroxyl groups is 1. The molecule has 0 fully saturated rings. The van der Waals surface area contributed by atoms with Crippen molar-refractivity contribution in [3.8, 4) is 0 Å². The number of carbonyl (C=O) groups excluding carboxylic acids is 1. The Morgan fingerprint density at radius 1 is 1.38 bits per heavy atom. The molecule has 126 valence electrons. The molecular formula is C19H23N3O2. The van der Waals surface area contributed by atoms with E-state index in [9.17, 15) is 4.79 Å². The molecular weight excluding hydrogens is 302 g/mol. The van der Waals surface area contributed by atoms with Crippen LogP contribution >= 0.6 is 0 Å². The predicted molar refractivity (Wildman–Crippen MR) is 97.3 cm³/mol. The largest absolute Gasteiger partial charge is 0.395 e. The third kappa shape index (κ3) is 4.20. The van der Waals surface area contributed by atoms with Crippen LogP contribution in [0.2, 0.25) is 0 Å². The van der Waals surface area contributed by atoms with E-state index in [1.807, 2.05) is 31.2 Å². The lowest BCUT2D eigenvalue weighted by atomic mass is 10.0. The first kappa shape index (κ1) is 17.7. The SMILES string of the molecule is C=Cc1cc(Cc2cccc(NCCO)c2C)nc(C(=O)NC)c1. The van der Waals surface area contributed by atoms with Crippen molar-refractivity contribution < 1.29 is 9.90 Å². The molecule has 0 unspecified atom stereocenters. The van der Waals surface area contributed by atoms with E-state index in [-0.39, 0.29) is 12.5 Å². The van der Waals surface area contributed by atoms with Crippen molar-refractivity contribution >= 4 is 17.7 Å². The van der Waals surface area contributed by atoms with Gasteiger partial charge in [0, 0.05) is 31.4 Å². The average molecular weight is 325 g/mol. The first-order chi connectivity index (χ1) is 11.6. The van der Waals surface area contributed by atoms with Crippen LogP contribution in [0.1, 0.15) is 32.9 Å². The summed E-state index contributed by atoms with van der Waals surface area (Å²) in [7, 11) is 1.59. The van der Waals surface area contributed by atoms with Crippen LogP contribution in [-0.2, 0) is 6.42 Å². The number of aliphatic hydroxyl groups excluding tert-OH is 1. The van der Waals surface area contributed by atoms with Gasteiger partial charge in [-0.25, -0.2) is 4.98 Å². The van der Waals surface area contributed by atoms with Crippen LogP contribution in [-0.4, -0.2) is 36.2 Å². The standard InChI is InChI=1S/C19H23N3O2/c1-4-14-10-16(22-18(11-14)19(24)20-3)12-15-6-5-7-17(13(15)2)21-8-9-23/h4-7,10-11,21,23H,1,8-9,12H2,2-3H3,(H,20,24). The van der Waals surface area contributed by atoms with Crippen LogP contribution < -0.4 is 10.6 Å². The van der Waals surface area contributed by atoms with Gasteiger partial charge in [-0.3, -0.25) is 4.79 Å². The number of aromatic nitrogens is 1. The zero-order valence-corrected chi connectivity index (χ0v) is 14.1. The summed E-state index contributed by atoms with van der Waals surface area (Å²) >= 11 is 0. The van der Waals surface area contributed by atoms with Crippen molar-refractivity contribution in [2.24, 2.45) is 0 Å². The number of rotatable bonds is 7. The summed E-state index contributed by atoms with van der Waals surface area (Å²) in [4.78, 5) is 16.3. The number of anilines is 1. The van der Waals surface area contributed by atoms with E-state index in [2.05, 4.69) is 22.2 Å². The number of nitrogens with one attached hydrogen (secondary N) is 2. The molecule has 1 aromatic heterocycles. The second kappa shape index (κ2) is 8.26. The first-order valence-corrected chi connectivity index (χ1v) is 7.87. The van der Waals surface area contributed by atoms with Gasteiger partial charge in [-0.2, -0.15) is 0 Å². The number of benzene rings is 1. The van der Waals surface area contributed by atoms with Crippen molar-refractivity contribution in [2.45, 2.75) is 13.3 Å². The predicted octanol–water partition coefficient (Wildman–Crippen LogP) is 2.39. The van der Waals surface area contributed by atoms with Gasteiger partial charge in [0.2, 0.25) is 0 Å². The Bertz CT molecular complexity index is 741. The van der Waals surface area contributed by atoms with Crippen LogP contribution in [0.4, 0.5) is 5.69 Å². The highest BCUT2D eigenvalue weighted by Crippen LogP contribution is 2.21. The highest BCUT2D eigenvalue weighted by Gasteiger charge is 2.10. The third-order valence-electron chi connectivity index (χ3n) is 3.84. The Kier molecular flexibility index (Phi) is 6.09. The molecule has 0 saturated carbocycles. The zero-order valence-electron chi connectivity index (χ0n) is 14.1. The molecule has 0 aliphatic carbocycles. The number of carbonyl (C=O) groups is 1. The molecule has 1 aromatic carbocycles. The molecule has 0 aliphatic rings. The molecule has 0 bridgehead atoms. The lowest BCUT2D eigenvalue weighted by Crippen LogP contribution is -2.20. The van der Waals surface area contributed by atoms with E-state index in [1.54, 1.807) is 19.2 Å². The van der Waals surface area contributed by atoms with Crippen molar-refractivity contribution in [1.82, 2.24) is 10.3 Å². The van der Waals surface area contributed by atoms with E-state index in [4.69, 9.17) is 5.11 Å². The smallest absolute Gasteiger partial charge is 0.269 e. The van der Waals surface area contributed by atoms with Crippen LogP contribution in [0, 0.1) is 6.92 Å². The molecule has 0 spiro atoms. The lowest BCUT2D eigenvalue weighted by Gasteiger charge is -2.13. The van der Waals surface area contributed by atoms with Gasteiger partial charge >= 0.3 is 0 Å². The molecule has 0 atom stereocenters. The second-order valence-electron chi connectivity index (χ2n) is 5.48. The highest BCUT2D eigenvalue weighted by molar-refractivity contribution is 5.92. The Morgan fingerprint density at radius 2 is 2.17 bits per heavy atom. The molecule has 0 radical (unpaired) electrons. The Hall–Kier alpha value is -2.66. The van der Waals surface area contributed by atoms with Crippen LogP contribution in [0.25, 0.3) is 6.08 Å². The minimum absolute atomic E-state index is 0.0854. The van der Waals surface area contributed by atoms with Gasteiger partial charge < -0.3 is 15.7 Å². The van der Waals surface area contributed by atoms with E-state index < -0.39 is 0 Å². The fraction of sp³-hybridized carbons (Fsp3) is 0.263. The summed E-state index contributed by atoms with van der Waals surface area (Å²) in [5.74, 6) is -0.213. The van der Waals surface area contributed by atoms with E-state index >= 15 is 0 Å². The van der Waals surface area contributed by atoms with Gasteiger partial charge in [0.1, 0.15) is 5.69 Å². The Labute approximate surface area is 142 Å². The Balaban J connectivity index is 2.33. The fourth-order valence-corrected chi connectivity index (χ4v) is 2.52. The molecule has 2 rings (SSSR count). The maximum atomic E-state index is 11.9. The number of hydrogen-bond donors (Lipinski definition) is 3. The highest BCUT2D eigenvalue weighted by atomic mass is 16.3. The summed E-state index contributed by atoms with van der Waals surface area (Å²) in [5.41, 5.74) is 5.29. The van der Waals surface area contributed by atoms with E-state index in [0.29, 0.717) is 18.7 Å². The first-order valence-electron chi connectivity index (χ1n) is 7.87. The normalized spacial score (nSPS) is 10.3. The molecule has 0 saturated heterocycles. The van der Waals surface area contributed by atoms with Gasteiger partial charge in [-0.05, 0) is 41.8 Å². The van der Waals surface area contributed by atoms with Gasteiger partial charge in [0.25, 0.3) is 5.91 Å². The maximum absolute atomic E-state index is 11.9. The monoisotopic (exact) mass is 325 g/mol. The molecule has 5 nitrogen and oxygen atoms in total. The number of nitrogens with zero attached hydrogens (tertiary/aromatic N) is 1. The van der Waals surface area contributed by atoms with Crippen molar-refractivity contribution in [3.05, 3.63) is 65.0 Å². The summed E-state index contributed by atoms with van der Waals surface area (Å²) in [6.45, 7) is 6.41. The molecule has 1 heterocycles. The minimum atomic E-state index is -0.213. The summed E-state index contributed by atoms with van der Waals surface area (Å²) in [6.07, 6.45) is 2.33. The van der Waals surface area contributed by atoms with Crippen molar-refractivity contribution in [3.63, 3.8) is 0 Å². The molecule has 2 aromatic rings. The number of hydrogen-bond acceptors (Lipinski definition) is 4. The number of pyridine rings is 1. The third-order valence-corrected chi connectivity index (χ3v) is 3.84. The quantitative estimate of drug-likeness (QED) is 0.731. The topological polar surface area (TPSA) is 74.2 Å². The van der Waals surface area contributed by atoms with Gasteiger partial charge in [-0.1, -0.05) is 24.8 Å². The summed E-state index contributed by atoms with van der Waals surface area (Å²) < 4.78 is 0. The molecule has 0 aliphatic heterocycles. The zero-order chi connectivity index (χ0) is 17.5. The van der Waals surface area contributed by atoms with E-state index in [0.717, 1.165) is 28.1 Å².